The Bertz CT molecular complexity index is 974. The first-order valence-electron chi connectivity index (χ1n) is 12.5. The van der Waals surface area contributed by atoms with Gasteiger partial charge < -0.3 is 19.9 Å². The zero-order chi connectivity index (χ0) is 26.1. The highest BCUT2D eigenvalue weighted by Gasteiger charge is 2.49. The second-order valence-corrected chi connectivity index (χ2v) is 10.7. The molecule has 1 aromatic rings. The van der Waals surface area contributed by atoms with Crippen molar-refractivity contribution in [2.75, 3.05) is 49.5 Å². The molecule has 2 N–H and O–H groups in total. The number of piperazine rings is 1. The molecule has 3 heterocycles. The molecule has 3 saturated heterocycles. The molecule has 3 fully saturated rings. The maximum Gasteiger partial charge on any atom is 0.410 e. The van der Waals surface area contributed by atoms with Gasteiger partial charge in [0, 0.05) is 50.5 Å². The first-order chi connectivity index (χ1) is 16.9. The number of nitrogens with zero attached hydrogens (tertiary/aromatic N) is 3. The predicted molar refractivity (Wildman–Crippen MR) is 131 cm³/mol. The van der Waals surface area contributed by atoms with Crippen LogP contribution in [0.25, 0.3) is 0 Å². The van der Waals surface area contributed by atoms with Crippen LogP contribution in [-0.4, -0.2) is 90.6 Å². The van der Waals surface area contributed by atoms with Crippen LogP contribution in [0.3, 0.4) is 0 Å². The van der Waals surface area contributed by atoms with Gasteiger partial charge in [-0.05, 0) is 57.9 Å². The molecule has 0 aliphatic carbocycles. The number of likely N-dealkylation sites (tertiary alicyclic amines) is 1. The number of amides is 3. The lowest BCUT2D eigenvalue weighted by molar-refractivity contribution is -0.133. The number of hydrogen-bond donors (Lipinski definition) is 2. The molecule has 36 heavy (non-hydrogen) atoms. The molecule has 11 heteroatoms. The predicted octanol–water partition coefficient (Wildman–Crippen LogP) is 2.67. The van der Waals surface area contributed by atoms with E-state index in [9.17, 15) is 14.4 Å². The third-order valence-electron chi connectivity index (χ3n) is 6.78. The van der Waals surface area contributed by atoms with Crippen LogP contribution < -0.4 is 15.5 Å². The summed E-state index contributed by atoms with van der Waals surface area (Å²) in [4.78, 5) is 40.6. The van der Waals surface area contributed by atoms with E-state index in [4.69, 9.17) is 4.74 Å². The van der Waals surface area contributed by atoms with Gasteiger partial charge in [-0.25, -0.2) is 13.6 Å². The molecule has 1 aromatic carbocycles. The summed E-state index contributed by atoms with van der Waals surface area (Å²) in [5, 5.41) is 5.49. The Hall–Kier alpha value is -2.95. The fraction of sp³-hybridized carbons (Fsp3) is 0.640. The van der Waals surface area contributed by atoms with Crippen molar-refractivity contribution in [2.24, 2.45) is 0 Å². The van der Waals surface area contributed by atoms with Crippen molar-refractivity contribution < 1.29 is 27.9 Å². The molecule has 1 unspecified atom stereocenters. The molecule has 9 nitrogen and oxygen atoms in total. The van der Waals surface area contributed by atoms with E-state index < -0.39 is 36.2 Å². The fourth-order valence-corrected chi connectivity index (χ4v) is 4.95. The SMILES string of the molecule is CC(C)(C)OC(=O)N1CC[C@@H](N2CCN(c3ccc(NC4CCC(=O)NC4=O)cc3)CC2)C(F)(F)C1. The lowest BCUT2D eigenvalue weighted by Gasteiger charge is -2.46. The molecular weight excluding hydrogens is 472 g/mol. The van der Waals surface area contributed by atoms with Gasteiger partial charge in [0.2, 0.25) is 11.8 Å². The minimum Gasteiger partial charge on any atom is -0.444 e. The van der Waals surface area contributed by atoms with Crippen molar-refractivity contribution in [3.05, 3.63) is 24.3 Å². The summed E-state index contributed by atoms with van der Waals surface area (Å²) in [6.07, 6.45) is 0.272. The Morgan fingerprint density at radius 3 is 2.31 bits per heavy atom. The highest BCUT2D eigenvalue weighted by molar-refractivity contribution is 6.01. The number of alkyl halides is 2. The van der Waals surface area contributed by atoms with Gasteiger partial charge in [0.25, 0.3) is 5.92 Å². The van der Waals surface area contributed by atoms with E-state index in [0.29, 0.717) is 39.0 Å². The van der Waals surface area contributed by atoms with Crippen LogP contribution in [0.4, 0.5) is 25.0 Å². The third kappa shape index (κ3) is 6.24. The molecule has 198 valence electrons. The average Bonchev–Trinajstić information content (AvgIpc) is 2.80. The molecule has 4 rings (SSSR count). The Morgan fingerprint density at radius 2 is 1.72 bits per heavy atom. The normalized spacial score (nSPS) is 25.4. The summed E-state index contributed by atoms with van der Waals surface area (Å²) < 4.78 is 35.4. The minimum absolute atomic E-state index is 0.201. The van der Waals surface area contributed by atoms with E-state index in [-0.39, 0.29) is 24.8 Å². The molecule has 0 spiro atoms. The van der Waals surface area contributed by atoms with Crippen LogP contribution in [0.15, 0.2) is 24.3 Å². The fourth-order valence-electron chi connectivity index (χ4n) is 4.95. The zero-order valence-corrected chi connectivity index (χ0v) is 21.1. The zero-order valence-electron chi connectivity index (χ0n) is 21.1. The highest BCUT2D eigenvalue weighted by atomic mass is 19.3. The van der Waals surface area contributed by atoms with Crippen LogP contribution >= 0.6 is 0 Å². The van der Waals surface area contributed by atoms with E-state index in [1.807, 2.05) is 29.2 Å². The first kappa shape index (κ1) is 26.1. The number of carbonyl (C=O) groups excluding carboxylic acids is 3. The number of nitrogens with one attached hydrogen (secondary N) is 2. The second-order valence-electron chi connectivity index (χ2n) is 10.7. The highest BCUT2D eigenvalue weighted by Crippen LogP contribution is 2.33. The maximum absolute atomic E-state index is 15.0. The van der Waals surface area contributed by atoms with Crippen molar-refractivity contribution in [1.82, 2.24) is 15.1 Å². The minimum atomic E-state index is -3.01. The molecular formula is C25H35F2N5O4. The van der Waals surface area contributed by atoms with Gasteiger partial charge >= 0.3 is 6.09 Å². The summed E-state index contributed by atoms with van der Waals surface area (Å²) in [5.41, 5.74) is 1.04. The maximum atomic E-state index is 15.0. The first-order valence-corrected chi connectivity index (χ1v) is 12.5. The van der Waals surface area contributed by atoms with Crippen LogP contribution in [0.5, 0.6) is 0 Å². The lowest BCUT2D eigenvalue weighted by atomic mass is 9.98. The van der Waals surface area contributed by atoms with Crippen LogP contribution in [0.1, 0.15) is 40.0 Å². The van der Waals surface area contributed by atoms with Crippen LogP contribution in [0.2, 0.25) is 0 Å². The molecule has 0 radical (unpaired) electrons. The van der Waals surface area contributed by atoms with Crippen molar-refractivity contribution >= 4 is 29.3 Å². The Morgan fingerprint density at radius 1 is 1.06 bits per heavy atom. The number of hydrogen-bond acceptors (Lipinski definition) is 7. The average molecular weight is 508 g/mol. The summed E-state index contributed by atoms with van der Waals surface area (Å²) in [6.45, 7) is 7.01. The molecule has 0 bridgehead atoms. The second kappa shape index (κ2) is 10.2. The van der Waals surface area contributed by atoms with Gasteiger partial charge in [-0.3, -0.25) is 19.8 Å². The van der Waals surface area contributed by atoms with Gasteiger partial charge in [-0.15, -0.1) is 0 Å². The van der Waals surface area contributed by atoms with Crippen LogP contribution in [-0.2, 0) is 14.3 Å². The number of ether oxygens (including phenoxy) is 1. The monoisotopic (exact) mass is 507 g/mol. The van der Waals surface area contributed by atoms with Crippen molar-refractivity contribution in [3.8, 4) is 0 Å². The number of piperidine rings is 2. The molecule has 0 saturated carbocycles. The van der Waals surface area contributed by atoms with E-state index in [1.54, 1.807) is 20.8 Å². The summed E-state index contributed by atoms with van der Waals surface area (Å²) in [6, 6.07) is 6.30. The summed E-state index contributed by atoms with van der Waals surface area (Å²) in [7, 11) is 0. The lowest BCUT2D eigenvalue weighted by Crippen LogP contribution is -2.62. The number of benzene rings is 1. The van der Waals surface area contributed by atoms with Gasteiger partial charge in [0.1, 0.15) is 11.6 Å². The van der Waals surface area contributed by atoms with Crippen LogP contribution in [0, 0.1) is 0 Å². The van der Waals surface area contributed by atoms with E-state index in [1.165, 1.54) is 0 Å². The Balaban J connectivity index is 1.28. The number of halogens is 2. The van der Waals surface area contributed by atoms with E-state index in [2.05, 4.69) is 15.5 Å². The molecule has 3 amide bonds. The number of anilines is 2. The molecule has 2 atom stereocenters. The summed E-state index contributed by atoms with van der Waals surface area (Å²) in [5.74, 6) is -3.58. The number of imide groups is 1. The Labute approximate surface area is 210 Å². The van der Waals surface area contributed by atoms with Gasteiger partial charge in [-0.1, -0.05) is 0 Å². The number of rotatable bonds is 4. The quantitative estimate of drug-likeness (QED) is 0.606. The standard InChI is InChI=1S/C25H35F2N5O4/c1-24(2,3)36-23(35)32-11-10-20(25(26,27)16-32)31-14-12-30(13-15-31)18-6-4-17(5-7-18)28-19-8-9-21(33)29-22(19)34/h4-7,19-20,28H,8-16H2,1-3H3,(H,29,33,34)/t19?,20-/m1/s1. The van der Waals surface area contributed by atoms with Crippen molar-refractivity contribution in [3.63, 3.8) is 0 Å². The molecule has 3 aliphatic heterocycles. The number of carbonyl (C=O) groups is 3. The summed E-state index contributed by atoms with van der Waals surface area (Å²) >= 11 is 0. The smallest absolute Gasteiger partial charge is 0.410 e. The van der Waals surface area contributed by atoms with Crippen molar-refractivity contribution in [2.45, 2.75) is 63.6 Å². The van der Waals surface area contributed by atoms with Crippen molar-refractivity contribution in [1.29, 1.82) is 0 Å². The van der Waals surface area contributed by atoms with E-state index in [0.717, 1.165) is 16.3 Å². The van der Waals surface area contributed by atoms with Gasteiger partial charge in [0.05, 0.1) is 12.6 Å². The van der Waals surface area contributed by atoms with Gasteiger partial charge in [-0.2, -0.15) is 0 Å². The largest absolute Gasteiger partial charge is 0.444 e. The molecule has 0 aromatic heterocycles. The Kier molecular flexibility index (Phi) is 7.40. The topological polar surface area (TPSA) is 94.2 Å². The third-order valence-corrected chi connectivity index (χ3v) is 6.78. The van der Waals surface area contributed by atoms with Gasteiger partial charge in [0.15, 0.2) is 0 Å². The van der Waals surface area contributed by atoms with E-state index >= 15 is 8.78 Å². The molecule has 3 aliphatic rings.